The molecular formula is C15H28O2. The Labute approximate surface area is 106 Å². The molecule has 0 N–H and O–H groups in total. The summed E-state index contributed by atoms with van der Waals surface area (Å²) < 4.78 is 5.15. The molecular weight excluding hydrogens is 212 g/mol. The summed E-state index contributed by atoms with van der Waals surface area (Å²) in [5.74, 6) is 2.01. The number of hydrogen-bond acceptors (Lipinski definition) is 2. The van der Waals surface area contributed by atoms with E-state index in [0.29, 0.717) is 23.5 Å². The molecule has 0 amide bonds. The van der Waals surface area contributed by atoms with Crippen LogP contribution < -0.4 is 0 Å². The smallest absolute Gasteiger partial charge is 0.136 e. The van der Waals surface area contributed by atoms with E-state index in [1.807, 2.05) is 0 Å². The van der Waals surface area contributed by atoms with Crippen molar-refractivity contribution in [2.75, 3.05) is 13.7 Å². The van der Waals surface area contributed by atoms with E-state index in [1.165, 1.54) is 25.7 Å². The van der Waals surface area contributed by atoms with E-state index in [4.69, 9.17) is 4.74 Å². The molecule has 1 aliphatic carbocycles. The van der Waals surface area contributed by atoms with E-state index in [-0.39, 0.29) is 0 Å². The van der Waals surface area contributed by atoms with Gasteiger partial charge in [-0.05, 0) is 37.5 Å². The molecule has 0 spiro atoms. The zero-order valence-electron chi connectivity index (χ0n) is 11.7. The number of unbranched alkanes of at least 4 members (excludes halogenated alkanes) is 2. The molecule has 0 saturated heterocycles. The van der Waals surface area contributed by atoms with Gasteiger partial charge in [-0.15, -0.1) is 0 Å². The fourth-order valence-corrected chi connectivity index (χ4v) is 3.19. The summed E-state index contributed by atoms with van der Waals surface area (Å²) in [5.41, 5.74) is 0. The summed E-state index contributed by atoms with van der Waals surface area (Å²) >= 11 is 0. The van der Waals surface area contributed by atoms with Gasteiger partial charge in [0, 0.05) is 26.1 Å². The molecule has 0 radical (unpaired) electrons. The van der Waals surface area contributed by atoms with Crippen molar-refractivity contribution in [1.82, 2.24) is 0 Å². The van der Waals surface area contributed by atoms with Crippen LogP contribution in [0.2, 0.25) is 0 Å². The molecule has 0 aromatic carbocycles. The Morgan fingerprint density at radius 1 is 1.29 bits per heavy atom. The van der Waals surface area contributed by atoms with Crippen molar-refractivity contribution in [2.24, 2.45) is 17.8 Å². The third kappa shape index (κ3) is 4.42. The van der Waals surface area contributed by atoms with Crippen LogP contribution in [0.5, 0.6) is 0 Å². The highest BCUT2D eigenvalue weighted by Crippen LogP contribution is 2.40. The minimum Gasteiger partial charge on any atom is -0.385 e. The largest absolute Gasteiger partial charge is 0.385 e. The summed E-state index contributed by atoms with van der Waals surface area (Å²) in [6, 6.07) is 0. The lowest BCUT2D eigenvalue weighted by molar-refractivity contribution is -0.125. The predicted octanol–water partition coefficient (Wildman–Crippen LogP) is 3.83. The number of ether oxygens (including phenoxy) is 1. The zero-order chi connectivity index (χ0) is 12.7. The SMILES string of the molecule is CCCCCC(=O)C1C(C)CCC1CCOC. The van der Waals surface area contributed by atoms with E-state index in [2.05, 4.69) is 13.8 Å². The molecule has 0 heterocycles. The molecule has 3 atom stereocenters. The number of hydrogen-bond donors (Lipinski definition) is 0. The van der Waals surface area contributed by atoms with E-state index in [0.717, 1.165) is 25.9 Å². The van der Waals surface area contributed by atoms with Gasteiger partial charge < -0.3 is 4.74 Å². The molecule has 17 heavy (non-hydrogen) atoms. The second-order valence-corrected chi connectivity index (χ2v) is 5.55. The minimum absolute atomic E-state index is 0.321. The van der Waals surface area contributed by atoms with Crippen molar-refractivity contribution < 1.29 is 9.53 Å². The number of methoxy groups -OCH3 is 1. The highest BCUT2D eigenvalue weighted by atomic mass is 16.5. The Balaban J connectivity index is 2.42. The van der Waals surface area contributed by atoms with Crippen LogP contribution >= 0.6 is 0 Å². The number of carbonyl (C=O) groups is 1. The minimum atomic E-state index is 0.321. The number of rotatable bonds is 8. The van der Waals surface area contributed by atoms with Gasteiger partial charge >= 0.3 is 0 Å². The van der Waals surface area contributed by atoms with Crippen LogP contribution in [0, 0.1) is 17.8 Å². The van der Waals surface area contributed by atoms with Crippen molar-refractivity contribution in [3.05, 3.63) is 0 Å². The van der Waals surface area contributed by atoms with Gasteiger partial charge in [0.1, 0.15) is 5.78 Å². The summed E-state index contributed by atoms with van der Waals surface area (Å²) in [5, 5.41) is 0. The molecule has 0 bridgehead atoms. The predicted molar refractivity (Wildman–Crippen MR) is 71.0 cm³/mol. The maximum absolute atomic E-state index is 12.3. The second kappa shape index (κ2) is 7.86. The summed E-state index contributed by atoms with van der Waals surface area (Å²) in [6.45, 7) is 5.23. The summed E-state index contributed by atoms with van der Waals surface area (Å²) in [4.78, 5) is 12.3. The average molecular weight is 240 g/mol. The lowest BCUT2D eigenvalue weighted by Crippen LogP contribution is -2.24. The zero-order valence-corrected chi connectivity index (χ0v) is 11.7. The third-order valence-corrected chi connectivity index (χ3v) is 4.20. The van der Waals surface area contributed by atoms with Gasteiger partial charge in [0.05, 0.1) is 0 Å². The fourth-order valence-electron chi connectivity index (χ4n) is 3.19. The lowest BCUT2D eigenvalue weighted by atomic mass is 9.83. The maximum atomic E-state index is 12.3. The Bertz CT molecular complexity index is 225. The Hall–Kier alpha value is -0.370. The number of carbonyl (C=O) groups excluding carboxylic acids is 1. The molecule has 0 aromatic heterocycles. The molecule has 1 aliphatic rings. The van der Waals surface area contributed by atoms with Crippen LogP contribution in [0.15, 0.2) is 0 Å². The third-order valence-electron chi connectivity index (χ3n) is 4.20. The first-order valence-electron chi connectivity index (χ1n) is 7.22. The highest BCUT2D eigenvalue weighted by molar-refractivity contribution is 5.81. The molecule has 0 aromatic rings. The molecule has 2 nitrogen and oxygen atoms in total. The van der Waals surface area contributed by atoms with Crippen LogP contribution in [0.1, 0.15) is 58.8 Å². The first kappa shape index (κ1) is 14.7. The monoisotopic (exact) mass is 240 g/mol. The van der Waals surface area contributed by atoms with Gasteiger partial charge in [0.15, 0.2) is 0 Å². The van der Waals surface area contributed by atoms with E-state index in [1.54, 1.807) is 7.11 Å². The van der Waals surface area contributed by atoms with E-state index < -0.39 is 0 Å². The fraction of sp³-hybridized carbons (Fsp3) is 0.933. The summed E-state index contributed by atoms with van der Waals surface area (Å²) in [7, 11) is 1.75. The molecule has 0 aliphatic heterocycles. The second-order valence-electron chi connectivity index (χ2n) is 5.55. The first-order chi connectivity index (χ1) is 8.20. The van der Waals surface area contributed by atoms with E-state index >= 15 is 0 Å². The molecule has 1 saturated carbocycles. The lowest BCUT2D eigenvalue weighted by Gasteiger charge is -2.21. The van der Waals surface area contributed by atoms with Crippen molar-refractivity contribution in [1.29, 1.82) is 0 Å². The quantitative estimate of drug-likeness (QED) is 0.603. The van der Waals surface area contributed by atoms with Crippen LogP contribution in [-0.2, 0) is 9.53 Å². The van der Waals surface area contributed by atoms with Crippen LogP contribution in [-0.4, -0.2) is 19.5 Å². The summed E-state index contributed by atoms with van der Waals surface area (Å²) in [6.07, 6.45) is 7.76. The standard InChI is InChI=1S/C15H28O2/c1-4-5-6-7-14(16)15-12(2)8-9-13(15)10-11-17-3/h12-13,15H,4-11H2,1-3H3. The van der Waals surface area contributed by atoms with Crippen molar-refractivity contribution >= 4 is 5.78 Å². The topological polar surface area (TPSA) is 26.3 Å². The Morgan fingerprint density at radius 3 is 2.71 bits per heavy atom. The first-order valence-corrected chi connectivity index (χ1v) is 7.22. The van der Waals surface area contributed by atoms with Crippen LogP contribution in [0.3, 0.4) is 0 Å². The van der Waals surface area contributed by atoms with E-state index in [9.17, 15) is 4.79 Å². The highest BCUT2D eigenvalue weighted by Gasteiger charge is 2.37. The van der Waals surface area contributed by atoms with Gasteiger partial charge in [-0.3, -0.25) is 4.79 Å². The average Bonchev–Trinajstić information content (AvgIpc) is 2.68. The molecule has 3 unspecified atom stereocenters. The van der Waals surface area contributed by atoms with Crippen LogP contribution in [0.25, 0.3) is 0 Å². The van der Waals surface area contributed by atoms with Crippen molar-refractivity contribution in [2.45, 2.75) is 58.8 Å². The molecule has 1 fully saturated rings. The maximum Gasteiger partial charge on any atom is 0.136 e. The van der Waals surface area contributed by atoms with Gasteiger partial charge in [-0.1, -0.05) is 26.7 Å². The Morgan fingerprint density at radius 2 is 2.06 bits per heavy atom. The van der Waals surface area contributed by atoms with Gasteiger partial charge in [0.25, 0.3) is 0 Å². The number of ketones is 1. The van der Waals surface area contributed by atoms with Gasteiger partial charge in [-0.2, -0.15) is 0 Å². The molecule has 2 heteroatoms. The Kier molecular flexibility index (Phi) is 6.79. The normalized spacial score (nSPS) is 28.5. The number of Topliss-reactive ketones (excluding diaryl/α,β-unsaturated/α-hetero) is 1. The van der Waals surface area contributed by atoms with Gasteiger partial charge in [0.2, 0.25) is 0 Å². The molecule has 100 valence electrons. The van der Waals surface area contributed by atoms with Crippen LogP contribution in [0.4, 0.5) is 0 Å². The van der Waals surface area contributed by atoms with Crippen molar-refractivity contribution in [3.8, 4) is 0 Å². The van der Waals surface area contributed by atoms with Gasteiger partial charge in [-0.25, -0.2) is 0 Å². The molecule has 1 rings (SSSR count). The van der Waals surface area contributed by atoms with Crippen molar-refractivity contribution in [3.63, 3.8) is 0 Å².